The second-order valence-corrected chi connectivity index (χ2v) is 4.32. The van der Waals surface area contributed by atoms with Gasteiger partial charge in [0.2, 0.25) is 5.91 Å². The van der Waals surface area contributed by atoms with Crippen LogP contribution in [-0.4, -0.2) is 31.0 Å². The van der Waals surface area contributed by atoms with Gasteiger partial charge in [0.25, 0.3) is 0 Å². The Hall–Kier alpha value is -1.77. The molecule has 1 amide bonds. The topological polar surface area (TPSA) is 29.5 Å². The van der Waals surface area contributed by atoms with Crippen LogP contribution in [0.2, 0.25) is 0 Å². The largest absolute Gasteiger partial charge is 0.497 e. The number of benzene rings is 1. The summed E-state index contributed by atoms with van der Waals surface area (Å²) in [6.45, 7) is 7.03. The smallest absolute Gasteiger partial charge is 0.219 e. The molecule has 90 valence electrons. The van der Waals surface area contributed by atoms with Crippen LogP contribution in [-0.2, 0) is 11.2 Å². The number of methoxy groups -OCH3 is 1. The molecule has 1 aromatic rings. The van der Waals surface area contributed by atoms with E-state index in [1.54, 1.807) is 14.0 Å². The van der Waals surface area contributed by atoms with Gasteiger partial charge in [0, 0.05) is 20.0 Å². The van der Waals surface area contributed by atoms with Gasteiger partial charge in [-0.1, -0.05) is 12.6 Å². The van der Waals surface area contributed by atoms with Gasteiger partial charge in [0.05, 0.1) is 7.11 Å². The van der Waals surface area contributed by atoms with E-state index in [2.05, 4.69) is 6.58 Å². The van der Waals surface area contributed by atoms with Gasteiger partial charge in [-0.15, -0.1) is 0 Å². The lowest BCUT2D eigenvalue weighted by Crippen LogP contribution is -2.30. The Morgan fingerprint density at radius 1 is 1.47 bits per heavy atom. The molecule has 17 heavy (non-hydrogen) atoms. The Labute approximate surface area is 102 Å². The molecule has 1 aliphatic rings. The number of hydrogen-bond acceptors (Lipinski definition) is 2. The lowest BCUT2D eigenvalue weighted by atomic mass is 10.00. The molecule has 2 rings (SSSR count). The first-order chi connectivity index (χ1) is 8.11. The third-order valence-corrected chi connectivity index (χ3v) is 3.17. The molecule has 1 heterocycles. The lowest BCUT2D eigenvalue weighted by Gasteiger charge is -2.18. The maximum atomic E-state index is 11.4. The van der Waals surface area contributed by atoms with Crippen LogP contribution in [0.25, 0.3) is 5.57 Å². The molecule has 3 heteroatoms. The summed E-state index contributed by atoms with van der Waals surface area (Å²) < 4.78 is 5.22. The fourth-order valence-electron chi connectivity index (χ4n) is 2.17. The van der Waals surface area contributed by atoms with Crippen LogP contribution in [0, 0.1) is 0 Å². The molecule has 0 unspecified atom stereocenters. The van der Waals surface area contributed by atoms with E-state index in [0.717, 1.165) is 29.9 Å². The Morgan fingerprint density at radius 3 is 2.88 bits per heavy atom. The highest BCUT2D eigenvalue weighted by atomic mass is 16.5. The molecule has 0 fully saturated rings. The van der Waals surface area contributed by atoms with Gasteiger partial charge in [0.15, 0.2) is 0 Å². The fraction of sp³-hybridized carbons (Fsp3) is 0.357. The number of hydrogen-bond donors (Lipinski definition) is 0. The zero-order valence-electron chi connectivity index (χ0n) is 10.3. The van der Waals surface area contributed by atoms with Gasteiger partial charge in [-0.25, -0.2) is 0 Å². The van der Waals surface area contributed by atoms with Crippen molar-refractivity contribution in [1.82, 2.24) is 4.90 Å². The van der Waals surface area contributed by atoms with Crippen molar-refractivity contribution in [3.63, 3.8) is 0 Å². The van der Waals surface area contributed by atoms with Crippen molar-refractivity contribution in [3.05, 3.63) is 35.9 Å². The summed E-state index contributed by atoms with van der Waals surface area (Å²) in [6.07, 6.45) is 0.852. The van der Waals surface area contributed by atoms with Crippen LogP contribution in [0.4, 0.5) is 0 Å². The molecule has 1 aliphatic heterocycles. The average molecular weight is 231 g/mol. The Balaban J connectivity index is 2.33. The van der Waals surface area contributed by atoms with Gasteiger partial charge in [-0.2, -0.15) is 0 Å². The van der Waals surface area contributed by atoms with Crippen molar-refractivity contribution in [1.29, 1.82) is 0 Å². The average Bonchev–Trinajstić information content (AvgIpc) is 2.48. The molecular weight excluding hydrogens is 214 g/mol. The summed E-state index contributed by atoms with van der Waals surface area (Å²) in [5, 5.41) is 0. The summed E-state index contributed by atoms with van der Waals surface area (Å²) in [6, 6.07) is 6.00. The van der Waals surface area contributed by atoms with E-state index < -0.39 is 0 Å². The summed E-state index contributed by atoms with van der Waals surface area (Å²) in [4.78, 5) is 13.3. The van der Waals surface area contributed by atoms with Crippen LogP contribution < -0.4 is 4.74 Å². The second kappa shape index (κ2) is 4.62. The highest BCUT2D eigenvalue weighted by molar-refractivity contribution is 5.78. The van der Waals surface area contributed by atoms with Crippen molar-refractivity contribution in [3.8, 4) is 5.75 Å². The number of nitrogens with zero attached hydrogens (tertiary/aromatic N) is 1. The predicted molar refractivity (Wildman–Crippen MR) is 68.0 cm³/mol. The Kier molecular flexibility index (Phi) is 3.18. The van der Waals surface area contributed by atoms with Crippen LogP contribution in [0.3, 0.4) is 0 Å². The van der Waals surface area contributed by atoms with Gasteiger partial charge < -0.3 is 9.64 Å². The van der Waals surface area contributed by atoms with Crippen LogP contribution >= 0.6 is 0 Å². The molecular formula is C14H17NO2. The molecule has 0 radical (unpaired) electrons. The molecule has 0 saturated heterocycles. The van der Waals surface area contributed by atoms with E-state index in [1.807, 2.05) is 23.1 Å². The van der Waals surface area contributed by atoms with Crippen LogP contribution in [0.5, 0.6) is 5.75 Å². The summed E-state index contributed by atoms with van der Waals surface area (Å²) in [5.41, 5.74) is 3.35. The number of rotatable bonds is 1. The highest BCUT2D eigenvalue weighted by Gasteiger charge is 2.18. The maximum absolute atomic E-state index is 11.4. The molecule has 0 aromatic heterocycles. The van der Waals surface area contributed by atoms with Crippen LogP contribution in [0.15, 0.2) is 24.8 Å². The predicted octanol–water partition coefficient (Wildman–Crippen LogP) is 2.11. The first kappa shape index (κ1) is 11.7. The minimum absolute atomic E-state index is 0.103. The van der Waals surface area contributed by atoms with E-state index in [0.29, 0.717) is 6.54 Å². The Morgan fingerprint density at radius 2 is 2.24 bits per heavy atom. The Bertz CT molecular complexity index is 465. The molecule has 0 spiro atoms. The number of carbonyl (C=O) groups excluding carboxylic acids is 1. The maximum Gasteiger partial charge on any atom is 0.219 e. The quantitative estimate of drug-likeness (QED) is 0.741. The molecule has 0 bridgehead atoms. The van der Waals surface area contributed by atoms with Crippen molar-refractivity contribution in [2.24, 2.45) is 0 Å². The van der Waals surface area contributed by atoms with Gasteiger partial charge in [-0.3, -0.25) is 4.79 Å². The van der Waals surface area contributed by atoms with E-state index >= 15 is 0 Å². The van der Waals surface area contributed by atoms with E-state index in [1.165, 1.54) is 5.56 Å². The normalized spacial score (nSPS) is 15.2. The third kappa shape index (κ3) is 2.33. The fourth-order valence-corrected chi connectivity index (χ4v) is 2.17. The van der Waals surface area contributed by atoms with Crippen LogP contribution in [0.1, 0.15) is 18.1 Å². The molecule has 0 atom stereocenters. The van der Waals surface area contributed by atoms with Crippen molar-refractivity contribution in [2.75, 3.05) is 20.2 Å². The minimum atomic E-state index is 0.103. The molecule has 3 nitrogen and oxygen atoms in total. The molecule has 0 N–H and O–H groups in total. The lowest BCUT2D eigenvalue weighted by molar-refractivity contribution is -0.128. The zero-order chi connectivity index (χ0) is 12.4. The number of carbonyl (C=O) groups is 1. The first-order valence-electron chi connectivity index (χ1n) is 5.72. The van der Waals surface area contributed by atoms with Crippen molar-refractivity contribution in [2.45, 2.75) is 13.3 Å². The first-order valence-corrected chi connectivity index (χ1v) is 5.72. The highest BCUT2D eigenvalue weighted by Crippen LogP contribution is 2.27. The third-order valence-electron chi connectivity index (χ3n) is 3.17. The number of ether oxygens (including phenoxy) is 1. The summed E-state index contributed by atoms with van der Waals surface area (Å²) in [7, 11) is 1.66. The van der Waals surface area contributed by atoms with Crippen molar-refractivity contribution < 1.29 is 9.53 Å². The summed E-state index contributed by atoms with van der Waals surface area (Å²) >= 11 is 0. The standard InChI is InChI=1S/C14H17NO2/c1-10-9-15(11(2)16)7-6-12-8-13(17-3)4-5-14(10)12/h4-5,8H,1,6-7,9H2,2-3H3. The summed E-state index contributed by atoms with van der Waals surface area (Å²) in [5.74, 6) is 0.957. The van der Waals surface area contributed by atoms with E-state index in [9.17, 15) is 4.79 Å². The molecule has 0 aliphatic carbocycles. The van der Waals surface area contributed by atoms with E-state index in [-0.39, 0.29) is 5.91 Å². The number of amides is 1. The van der Waals surface area contributed by atoms with E-state index in [4.69, 9.17) is 4.74 Å². The minimum Gasteiger partial charge on any atom is -0.497 e. The molecule has 1 aromatic carbocycles. The SMILES string of the molecule is C=C1CN(C(C)=O)CCc2cc(OC)ccc21. The van der Waals surface area contributed by atoms with Gasteiger partial charge >= 0.3 is 0 Å². The van der Waals surface area contributed by atoms with Gasteiger partial charge in [-0.05, 0) is 35.3 Å². The number of fused-ring (bicyclic) bond motifs is 1. The second-order valence-electron chi connectivity index (χ2n) is 4.32. The molecule has 0 saturated carbocycles. The van der Waals surface area contributed by atoms with Crippen molar-refractivity contribution >= 4 is 11.5 Å². The zero-order valence-corrected chi connectivity index (χ0v) is 10.3. The monoisotopic (exact) mass is 231 g/mol. The van der Waals surface area contributed by atoms with Gasteiger partial charge in [0.1, 0.15) is 5.75 Å².